The average Bonchev–Trinajstić information content (AvgIpc) is 3.00. The molecule has 2 unspecified atom stereocenters. The van der Waals surface area contributed by atoms with Gasteiger partial charge in [0.15, 0.2) is 0 Å². The van der Waals surface area contributed by atoms with Gasteiger partial charge < -0.3 is 33.3 Å². The topological polar surface area (TPSA) is 127 Å². The molecule has 0 saturated carbocycles. The molecule has 0 aromatic rings. The van der Waals surface area contributed by atoms with E-state index in [2.05, 4.69) is 25.7 Å². The van der Waals surface area contributed by atoms with Gasteiger partial charge in [0, 0.05) is 19.4 Å². The van der Waals surface area contributed by atoms with E-state index in [9.17, 15) is 19.2 Å². The smallest absolute Gasteiger partial charge is 0.465 e. The van der Waals surface area contributed by atoms with Crippen LogP contribution in [0, 0.1) is 5.92 Å². The number of carbonyl (C=O) groups excluding carboxylic acids is 4. The summed E-state index contributed by atoms with van der Waals surface area (Å²) in [4.78, 5) is 50.3. The molecule has 11 nitrogen and oxygen atoms in total. The maximum Gasteiger partial charge on any atom is 0.508 e. The van der Waals surface area contributed by atoms with E-state index >= 15 is 0 Å². The van der Waals surface area contributed by atoms with Gasteiger partial charge in [-0.05, 0) is 52.1 Å². The molecule has 0 radical (unpaired) electrons. The Balaban J connectivity index is 4.46. The molecule has 0 rings (SSSR count). The Morgan fingerprint density at radius 3 is 1.65 bits per heavy atom. The highest BCUT2D eigenvalue weighted by Gasteiger charge is 2.19. The molecular formula is C32H59NO10. The third-order valence-corrected chi connectivity index (χ3v) is 6.97. The lowest BCUT2D eigenvalue weighted by Crippen LogP contribution is -2.27. The normalized spacial score (nSPS) is 12.3. The number of hydrogen-bond donors (Lipinski definition) is 0. The van der Waals surface area contributed by atoms with Gasteiger partial charge in [-0.15, -0.1) is 0 Å². The third-order valence-electron chi connectivity index (χ3n) is 6.97. The lowest BCUT2D eigenvalue weighted by atomic mass is 10.1. The van der Waals surface area contributed by atoms with E-state index in [4.69, 9.17) is 28.4 Å². The van der Waals surface area contributed by atoms with Crippen molar-refractivity contribution >= 4 is 24.2 Å². The maximum absolute atomic E-state index is 12.3. The lowest BCUT2D eigenvalue weighted by Gasteiger charge is -2.18. The van der Waals surface area contributed by atoms with Crippen molar-refractivity contribution in [3.8, 4) is 0 Å². The molecular weight excluding hydrogens is 558 g/mol. The molecule has 252 valence electrons. The first-order valence-electron chi connectivity index (χ1n) is 16.4. The number of hydrogen-bond acceptors (Lipinski definition) is 11. The van der Waals surface area contributed by atoms with Crippen molar-refractivity contribution in [3.63, 3.8) is 0 Å². The first kappa shape index (κ1) is 40.4. The van der Waals surface area contributed by atoms with Crippen molar-refractivity contribution in [1.82, 2.24) is 4.90 Å². The Morgan fingerprint density at radius 2 is 1.09 bits per heavy atom. The minimum atomic E-state index is -0.821. The molecule has 43 heavy (non-hydrogen) atoms. The summed E-state index contributed by atoms with van der Waals surface area (Å²) in [5, 5.41) is 0. The first-order valence-corrected chi connectivity index (χ1v) is 16.4. The molecule has 0 heterocycles. The number of ether oxygens (including phenoxy) is 6. The Kier molecular flexibility index (Phi) is 26.5. The second kappa shape index (κ2) is 28.2. The standard InChI is InChI=1S/C32H59NO10/c1-6-10-11-14-17-22-38-31(36)41-25-28(26-42-32(37)39-23-18-21-33(8-3)9-4)24-40-29(34)19-15-12-13-16-20-30(35)43-27(5)7-2/h27-28H,6-26H2,1-5H3. The van der Waals surface area contributed by atoms with Gasteiger partial charge >= 0.3 is 24.2 Å². The largest absolute Gasteiger partial charge is 0.508 e. The molecule has 0 aliphatic rings. The van der Waals surface area contributed by atoms with E-state index in [1.165, 1.54) is 0 Å². The molecule has 0 bridgehead atoms. The summed E-state index contributed by atoms with van der Waals surface area (Å²) in [6.45, 7) is 12.9. The van der Waals surface area contributed by atoms with Crippen molar-refractivity contribution in [1.29, 1.82) is 0 Å². The summed E-state index contributed by atoms with van der Waals surface area (Å²) in [7, 11) is 0. The van der Waals surface area contributed by atoms with Crippen LogP contribution in [0.3, 0.4) is 0 Å². The molecule has 0 aromatic carbocycles. The van der Waals surface area contributed by atoms with Crippen LogP contribution in [0.25, 0.3) is 0 Å². The zero-order valence-electron chi connectivity index (χ0n) is 27.5. The molecule has 0 amide bonds. The molecule has 0 aromatic heterocycles. The quantitative estimate of drug-likeness (QED) is 0.0546. The van der Waals surface area contributed by atoms with E-state index in [0.29, 0.717) is 25.7 Å². The van der Waals surface area contributed by atoms with E-state index < -0.39 is 24.2 Å². The molecule has 0 fully saturated rings. The highest BCUT2D eigenvalue weighted by molar-refractivity contribution is 5.69. The fraction of sp³-hybridized carbons (Fsp3) is 0.875. The average molecular weight is 618 g/mol. The minimum absolute atomic E-state index is 0.0684. The van der Waals surface area contributed by atoms with Crippen molar-refractivity contribution in [3.05, 3.63) is 0 Å². The minimum Gasteiger partial charge on any atom is -0.465 e. The SMILES string of the molecule is CCCCCCCOC(=O)OCC(COC(=O)CCCCCCC(=O)OC(C)CC)COC(=O)OCCCN(CC)CC. The number of carbonyl (C=O) groups is 4. The number of unbranched alkanes of at least 4 members (excludes halogenated alkanes) is 7. The second-order valence-electron chi connectivity index (χ2n) is 10.8. The Hall–Kier alpha value is -2.56. The van der Waals surface area contributed by atoms with Gasteiger partial charge in [0.05, 0.1) is 25.2 Å². The van der Waals surface area contributed by atoms with E-state index in [0.717, 1.165) is 71.0 Å². The summed E-state index contributed by atoms with van der Waals surface area (Å²) >= 11 is 0. The van der Waals surface area contributed by atoms with Gasteiger partial charge in [-0.2, -0.15) is 0 Å². The van der Waals surface area contributed by atoms with Crippen LogP contribution in [0.2, 0.25) is 0 Å². The number of esters is 2. The summed E-state index contributed by atoms with van der Waals surface area (Å²) in [6.07, 6.45) is 8.43. The molecule has 0 spiro atoms. The highest BCUT2D eigenvalue weighted by atomic mass is 16.7. The monoisotopic (exact) mass is 617 g/mol. The molecule has 0 saturated heterocycles. The van der Waals surface area contributed by atoms with Crippen LogP contribution in [0.15, 0.2) is 0 Å². The van der Waals surface area contributed by atoms with Crippen LogP contribution < -0.4 is 0 Å². The van der Waals surface area contributed by atoms with Crippen LogP contribution in [0.5, 0.6) is 0 Å². The Morgan fingerprint density at radius 1 is 0.581 bits per heavy atom. The van der Waals surface area contributed by atoms with Crippen molar-refractivity contribution in [2.75, 3.05) is 52.7 Å². The summed E-state index contributed by atoms with van der Waals surface area (Å²) in [5.41, 5.74) is 0. The van der Waals surface area contributed by atoms with Crippen molar-refractivity contribution in [2.45, 2.75) is 124 Å². The molecule has 2 atom stereocenters. The van der Waals surface area contributed by atoms with E-state index in [1.54, 1.807) is 0 Å². The predicted octanol–water partition coefficient (Wildman–Crippen LogP) is 6.84. The zero-order chi connectivity index (χ0) is 32.1. The van der Waals surface area contributed by atoms with Crippen LogP contribution >= 0.6 is 0 Å². The van der Waals surface area contributed by atoms with Crippen molar-refractivity contribution < 1.29 is 47.6 Å². The Bertz CT molecular complexity index is 729. The zero-order valence-corrected chi connectivity index (χ0v) is 27.5. The fourth-order valence-electron chi connectivity index (χ4n) is 3.99. The number of rotatable bonds is 27. The first-order chi connectivity index (χ1) is 20.7. The van der Waals surface area contributed by atoms with Gasteiger partial charge in [-0.3, -0.25) is 9.59 Å². The molecule has 0 aliphatic heterocycles. The van der Waals surface area contributed by atoms with Crippen molar-refractivity contribution in [2.24, 2.45) is 5.92 Å². The van der Waals surface area contributed by atoms with Gasteiger partial charge in [0.2, 0.25) is 0 Å². The molecule has 0 aliphatic carbocycles. The van der Waals surface area contributed by atoms with Crippen LogP contribution in [-0.2, 0) is 38.0 Å². The summed E-state index contributed by atoms with van der Waals surface area (Å²) < 4.78 is 31.3. The van der Waals surface area contributed by atoms with Gasteiger partial charge in [0.25, 0.3) is 0 Å². The van der Waals surface area contributed by atoms with Gasteiger partial charge in [-0.1, -0.05) is 66.2 Å². The highest BCUT2D eigenvalue weighted by Crippen LogP contribution is 2.10. The van der Waals surface area contributed by atoms with Crippen LogP contribution in [0.1, 0.15) is 118 Å². The van der Waals surface area contributed by atoms with Gasteiger partial charge in [0.1, 0.15) is 19.8 Å². The molecule has 0 N–H and O–H groups in total. The summed E-state index contributed by atoms with van der Waals surface area (Å²) in [5.74, 6) is -1.15. The maximum atomic E-state index is 12.3. The third kappa shape index (κ3) is 25.6. The van der Waals surface area contributed by atoms with E-state index in [1.807, 2.05) is 13.8 Å². The van der Waals surface area contributed by atoms with Crippen LogP contribution in [0.4, 0.5) is 9.59 Å². The fourth-order valence-corrected chi connectivity index (χ4v) is 3.99. The molecule has 11 heteroatoms. The number of nitrogens with zero attached hydrogens (tertiary/aromatic N) is 1. The lowest BCUT2D eigenvalue weighted by molar-refractivity contribution is -0.149. The second-order valence-corrected chi connectivity index (χ2v) is 10.8. The van der Waals surface area contributed by atoms with Gasteiger partial charge in [-0.25, -0.2) is 9.59 Å². The predicted molar refractivity (Wildman–Crippen MR) is 164 cm³/mol. The summed E-state index contributed by atoms with van der Waals surface area (Å²) in [6, 6.07) is 0. The van der Waals surface area contributed by atoms with Crippen LogP contribution in [-0.4, -0.2) is 87.9 Å². The van der Waals surface area contributed by atoms with E-state index in [-0.39, 0.29) is 51.5 Å². The Labute approximate surface area is 259 Å².